The van der Waals surface area contributed by atoms with Gasteiger partial charge in [0.2, 0.25) is 0 Å². The fraction of sp³-hybridized carbons (Fsp3) is 0.500. The van der Waals surface area contributed by atoms with Gasteiger partial charge in [0.1, 0.15) is 11.4 Å². The molecular weight excluding hydrogens is 192 g/mol. The zero-order valence-electron chi connectivity index (χ0n) is 8.71. The molecule has 0 aliphatic carbocycles. The predicted octanol–water partition coefficient (Wildman–Crippen LogP) is 3.22. The quantitative estimate of drug-likeness (QED) is 0.697. The third kappa shape index (κ3) is 1.90. The van der Waals surface area contributed by atoms with Crippen molar-refractivity contribution >= 4 is 12.6 Å². The van der Waals surface area contributed by atoms with Gasteiger partial charge in [0.25, 0.3) is 0 Å². The molecule has 14 heavy (non-hydrogen) atoms. The van der Waals surface area contributed by atoms with E-state index in [4.69, 9.17) is 4.74 Å². The molecule has 2 heteroatoms. The number of aryl methyl sites for hydroxylation is 1. The molecule has 0 spiro atoms. The number of rotatable bonds is 1. The topological polar surface area (TPSA) is 9.23 Å². The van der Waals surface area contributed by atoms with Gasteiger partial charge >= 0.3 is 0 Å². The lowest BCUT2D eigenvalue weighted by molar-refractivity contribution is 0.0846. The van der Waals surface area contributed by atoms with Crippen LogP contribution in [-0.4, -0.2) is 5.60 Å². The van der Waals surface area contributed by atoms with Crippen LogP contribution >= 0.6 is 12.6 Å². The minimum atomic E-state index is -0.00448. The summed E-state index contributed by atoms with van der Waals surface area (Å²) in [6.45, 7) is 4.28. The van der Waals surface area contributed by atoms with Crippen LogP contribution in [0.3, 0.4) is 0 Å². The van der Waals surface area contributed by atoms with E-state index in [1.165, 1.54) is 11.1 Å². The fourth-order valence-corrected chi connectivity index (χ4v) is 2.01. The monoisotopic (exact) mass is 208 g/mol. The normalized spacial score (nSPS) is 18.5. The molecule has 0 unspecified atom stereocenters. The lowest BCUT2D eigenvalue weighted by Gasteiger charge is -2.32. The van der Waals surface area contributed by atoms with Gasteiger partial charge in [-0.3, -0.25) is 0 Å². The van der Waals surface area contributed by atoms with E-state index < -0.39 is 0 Å². The SMILES string of the molecule is CC1(C)CCc2cc(CS)ccc2O1. The minimum absolute atomic E-state index is 0.00448. The average Bonchev–Trinajstić information content (AvgIpc) is 2.16. The third-order valence-electron chi connectivity index (χ3n) is 2.69. The Labute approximate surface area is 90.9 Å². The Balaban J connectivity index is 2.32. The fourth-order valence-electron chi connectivity index (χ4n) is 1.81. The zero-order chi connectivity index (χ0) is 10.2. The van der Waals surface area contributed by atoms with E-state index in [-0.39, 0.29) is 5.60 Å². The molecule has 1 aromatic rings. The van der Waals surface area contributed by atoms with E-state index in [1.807, 2.05) is 0 Å². The first kappa shape index (κ1) is 9.91. The van der Waals surface area contributed by atoms with Gasteiger partial charge in [0.15, 0.2) is 0 Å². The van der Waals surface area contributed by atoms with Crippen molar-refractivity contribution in [3.8, 4) is 5.75 Å². The van der Waals surface area contributed by atoms with Crippen molar-refractivity contribution in [2.24, 2.45) is 0 Å². The van der Waals surface area contributed by atoms with E-state index in [0.717, 1.165) is 24.3 Å². The summed E-state index contributed by atoms with van der Waals surface area (Å²) >= 11 is 4.27. The maximum atomic E-state index is 5.89. The number of fused-ring (bicyclic) bond motifs is 1. The molecule has 1 aliphatic rings. The third-order valence-corrected chi connectivity index (χ3v) is 3.06. The summed E-state index contributed by atoms with van der Waals surface area (Å²) in [5, 5.41) is 0. The van der Waals surface area contributed by atoms with Crippen molar-refractivity contribution < 1.29 is 4.74 Å². The van der Waals surface area contributed by atoms with Crippen molar-refractivity contribution in [2.75, 3.05) is 0 Å². The molecule has 0 radical (unpaired) electrons. The van der Waals surface area contributed by atoms with E-state index in [0.29, 0.717) is 0 Å². The van der Waals surface area contributed by atoms with E-state index >= 15 is 0 Å². The molecule has 76 valence electrons. The largest absolute Gasteiger partial charge is 0.488 e. The number of thiol groups is 1. The first-order valence-electron chi connectivity index (χ1n) is 5.02. The summed E-state index contributed by atoms with van der Waals surface area (Å²) < 4.78 is 5.89. The first-order valence-corrected chi connectivity index (χ1v) is 5.66. The van der Waals surface area contributed by atoms with Crippen LogP contribution in [0.1, 0.15) is 31.4 Å². The van der Waals surface area contributed by atoms with E-state index in [9.17, 15) is 0 Å². The minimum Gasteiger partial charge on any atom is -0.488 e. The molecule has 0 atom stereocenters. The standard InChI is InChI=1S/C12H16OS/c1-12(2)6-5-10-7-9(8-14)3-4-11(10)13-12/h3-4,7,14H,5-6,8H2,1-2H3. The van der Waals surface area contributed by atoms with Gasteiger partial charge in [-0.25, -0.2) is 0 Å². The molecule has 0 saturated carbocycles. The van der Waals surface area contributed by atoms with Gasteiger partial charge < -0.3 is 4.74 Å². The van der Waals surface area contributed by atoms with Crippen molar-refractivity contribution in [1.82, 2.24) is 0 Å². The second kappa shape index (κ2) is 3.50. The number of hydrogen-bond acceptors (Lipinski definition) is 2. The van der Waals surface area contributed by atoms with Gasteiger partial charge in [-0.1, -0.05) is 12.1 Å². The Kier molecular flexibility index (Phi) is 2.48. The van der Waals surface area contributed by atoms with Gasteiger partial charge in [0, 0.05) is 5.75 Å². The van der Waals surface area contributed by atoms with Gasteiger partial charge in [-0.15, -0.1) is 0 Å². The van der Waals surface area contributed by atoms with Gasteiger partial charge in [0.05, 0.1) is 0 Å². The highest BCUT2D eigenvalue weighted by Gasteiger charge is 2.26. The van der Waals surface area contributed by atoms with Crippen molar-refractivity contribution in [2.45, 2.75) is 38.0 Å². The average molecular weight is 208 g/mol. The number of benzene rings is 1. The van der Waals surface area contributed by atoms with Crippen LogP contribution in [0.2, 0.25) is 0 Å². The molecule has 0 fully saturated rings. The van der Waals surface area contributed by atoms with Crippen LogP contribution in [0.4, 0.5) is 0 Å². The molecule has 0 amide bonds. The highest BCUT2D eigenvalue weighted by atomic mass is 32.1. The van der Waals surface area contributed by atoms with Gasteiger partial charge in [-0.2, -0.15) is 12.6 Å². The summed E-state index contributed by atoms with van der Waals surface area (Å²) in [6.07, 6.45) is 2.21. The molecule has 2 rings (SSSR count). The maximum Gasteiger partial charge on any atom is 0.123 e. The van der Waals surface area contributed by atoms with Gasteiger partial charge in [-0.05, 0) is 43.9 Å². The molecular formula is C12H16OS. The highest BCUT2D eigenvalue weighted by Crippen LogP contribution is 2.33. The summed E-state index contributed by atoms with van der Waals surface area (Å²) in [6, 6.07) is 6.37. The molecule has 1 aliphatic heterocycles. The lowest BCUT2D eigenvalue weighted by Crippen LogP contribution is -2.32. The zero-order valence-corrected chi connectivity index (χ0v) is 9.60. The lowest BCUT2D eigenvalue weighted by atomic mass is 9.93. The van der Waals surface area contributed by atoms with Crippen LogP contribution in [-0.2, 0) is 12.2 Å². The maximum absolute atomic E-state index is 5.89. The highest BCUT2D eigenvalue weighted by molar-refractivity contribution is 7.79. The summed E-state index contributed by atoms with van der Waals surface area (Å²) in [5.41, 5.74) is 2.60. The molecule has 1 nitrogen and oxygen atoms in total. The number of ether oxygens (including phenoxy) is 1. The Morgan fingerprint density at radius 3 is 2.93 bits per heavy atom. The Morgan fingerprint density at radius 1 is 1.43 bits per heavy atom. The Bertz CT molecular complexity index is 344. The van der Waals surface area contributed by atoms with E-state index in [1.54, 1.807) is 0 Å². The summed E-state index contributed by atoms with van der Waals surface area (Å²) in [4.78, 5) is 0. The van der Waals surface area contributed by atoms with Crippen molar-refractivity contribution in [3.63, 3.8) is 0 Å². The molecule has 0 saturated heterocycles. The molecule has 0 aromatic heterocycles. The number of hydrogen-bond donors (Lipinski definition) is 1. The Morgan fingerprint density at radius 2 is 2.21 bits per heavy atom. The summed E-state index contributed by atoms with van der Waals surface area (Å²) in [7, 11) is 0. The molecule has 0 N–H and O–H groups in total. The van der Waals surface area contributed by atoms with Crippen LogP contribution < -0.4 is 4.74 Å². The van der Waals surface area contributed by atoms with Crippen molar-refractivity contribution in [1.29, 1.82) is 0 Å². The van der Waals surface area contributed by atoms with Crippen LogP contribution in [0, 0.1) is 0 Å². The molecule has 1 heterocycles. The Hall–Kier alpha value is -0.630. The summed E-state index contributed by atoms with van der Waals surface area (Å²) in [5.74, 6) is 1.85. The van der Waals surface area contributed by atoms with Crippen molar-refractivity contribution in [3.05, 3.63) is 29.3 Å². The second-order valence-electron chi connectivity index (χ2n) is 4.46. The van der Waals surface area contributed by atoms with Crippen LogP contribution in [0.25, 0.3) is 0 Å². The smallest absolute Gasteiger partial charge is 0.123 e. The molecule has 0 bridgehead atoms. The van der Waals surface area contributed by atoms with E-state index in [2.05, 4.69) is 44.7 Å². The first-order chi connectivity index (χ1) is 6.61. The predicted molar refractivity (Wildman–Crippen MR) is 62.2 cm³/mol. The van der Waals surface area contributed by atoms with Crippen LogP contribution in [0.15, 0.2) is 18.2 Å². The van der Waals surface area contributed by atoms with Crippen LogP contribution in [0.5, 0.6) is 5.75 Å². The second-order valence-corrected chi connectivity index (χ2v) is 4.78. The molecule has 1 aromatic carbocycles.